The van der Waals surface area contributed by atoms with Gasteiger partial charge in [0.05, 0.1) is 6.61 Å². The Bertz CT molecular complexity index is 174. The minimum absolute atomic E-state index is 0.110. The summed E-state index contributed by atoms with van der Waals surface area (Å²) < 4.78 is 39.7. The molecule has 0 aromatic heterocycles. The third kappa shape index (κ3) is 13.6. The molecule has 0 aromatic carbocycles. The van der Waals surface area contributed by atoms with Crippen LogP contribution in [0.3, 0.4) is 0 Å². The molecular formula is C12H24F3NO. The first kappa shape index (κ1) is 16.7. The summed E-state index contributed by atoms with van der Waals surface area (Å²) in [5.41, 5.74) is 0. The van der Waals surface area contributed by atoms with E-state index in [1.807, 2.05) is 0 Å². The molecule has 0 fully saturated rings. The van der Waals surface area contributed by atoms with Crippen molar-refractivity contribution in [3.8, 4) is 0 Å². The molecule has 0 aliphatic rings. The van der Waals surface area contributed by atoms with Gasteiger partial charge in [-0.2, -0.15) is 13.2 Å². The van der Waals surface area contributed by atoms with Gasteiger partial charge in [-0.15, -0.1) is 0 Å². The zero-order valence-corrected chi connectivity index (χ0v) is 10.8. The largest absolute Gasteiger partial charge is 0.411 e. The van der Waals surface area contributed by atoms with Gasteiger partial charge in [-0.3, -0.25) is 0 Å². The van der Waals surface area contributed by atoms with Crippen molar-refractivity contribution in [2.45, 2.75) is 58.2 Å². The Balaban J connectivity index is 3.24. The van der Waals surface area contributed by atoms with E-state index in [1.54, 1.807) is 0 Å². The van der Waals surface area contributed by atoms with E-state index in [2.05, 4.69) is 23.9 Å². The summed E-state index contributed by atoms with van der Waals surface area (Å²) in [6.45, 7) is 3.65. The van der Waals surface area contributed by atoms with Gasteiger partial charge >= 0.3 is 6.18 Å². The zero-order chi connectivity index (χ0) is 13.1. The highest BCUT2D eigenvalue weighted by Gasteiger charge is 2.27. The lowest BCUT2D eigenvalue weighted by atomic mass is 10.1. The Morgan fingerprint density at radius 1 is 1.18 bits per heavy atom. The van der Waals surface area contributed by atoms with Gasteiger partial charge in [-0.1, -0.05) is 32.6 Å². The van der Waals surface area contributed by atoms with Crippen LogP contribution in [-0.2, 0) is 4.74 Å². The highest BCUT2D eigenvalue weighted by atomic mass is 19.4. The van der Waals surface area contributed by atoms with Crippen LogP contribution >= 0.6 is 0 Å². The van der Waals surface area contributed by atoms with E-state index in [4.69, 9.17) is 0 Å². The van der Waals surface area contributed by atoms with Crippen molar-refractivity contribution in [1.29, 1.82) is 0 Å². The maximum atomic E-state index is 11.7. The fraction of sp³-hybridized carbons (Fsp3) is 1.00. The standard InChI is InChI=1S/C12H24F3NO/c1-3-4-5-6-7-11(2)16-8-9-17-10-12(13,14)15/h11,16H,3-10H2,1-2H3. The normalized spacial score (nSPS) is 13.9. The van der Waals surface area contributed by atoms with E-state index in [9.17, 15) is 13.2 Å². The number of unbranched alkanes of at least 4 members (excludes halogenated alkanes) is 3. The Morgan fingerprint density at radius 3 is 2.47 bits per heavy atom. The van der Waals surface area contributed by atoms with Crippen molar-refractivity contribution in [3.05, 3.63) is 0 Å². The molecule has 0 bridgehead atoms. The van der Waals surface area contributed by atoms with Gasteiger partial charge < -0.3 is 10.1 Å². The number of hydrogen-bond donors (Lipinski definition) is 1. The lowest BCUT2D eigenvalue weighted by Crippen LogP contribution is -2.30. The maximum absolute atomic E-state index is 11.7. The van der Waals surface area contributed by atoms with Crippen LogP contribution in [0.4, 0.5) is 13.2 Å². The number of halogens is 3. The Hall–Kier alpha value is -0.290. The van der Waals surface area contributed by atoms with Crippen LogP contribution in [0, 0.1) is 0 Å². The molecule has 0 saturated carbocycles. The second-order valence-corrected chi connectivity index (χ2v) is 4.37. The first-order chi connectivity index (χ1) is 7.95. The van der Waals surface area contributed by atoms with Crippen LogP contribution in [0.1, 0.15) is 46.0 Å². The molecule has 0 aliphatic heterocycles. The van der Waals surface area contributed by atoms with Crippen LogP contribution in [0.5, 0.6) is 0 Å². The summed E-state index contributed by atoms with van der Waals surface area (Å²) in [7, 11) is 0. The van der Waals surface area contributed by atoms with Crippen LogP contribution in [0.25, 0.3) is 0 Å². The average molecular weight is 255 g/mol. The van der Waals surface area contributed by atoms with E-state index in [-0.39, 0.29) is 6.61 Å². The third-order valence-electron chi connectivity index (χ3n) is 2.50. The van der Waals surface area contributed by atoms with E-state index < -0.39 is 12.8 Å². The molecule has 0 spiro atoms. The summed E-state index contributed by atoms with van der Waals surface area (Å²) in [6, 6.07) is 0.348. The van der Waals surface area contributed by atoms with Crippen LogP contribution in [0.15, 0.2) is 0 Å². The average Bonchev–Trinajstić information content (AvgIpc) is 2.22. The monoisotopic (exact) mass is 255 g/mol. The predicted molar refractivity (Wildman–Crippen MR) is 63.1 cm³/mol. The summed E-state index contributed by atoms with van der Waals surface area (Å²) in [6.07, 6.45) is 1.72. The molecule has 1 atom stereocenters. The van der Waals surface area contributed by atoms with Gasteiger partial charge in [0.1, 0.15) is 6.61 Å². The molecule has 0 aliphatic carbocycles. The Morgan fingerprint density at radius 2 is 1.88 bits per heavy atom. The first-order valence-electron chi connectivity index (χ1n) is 6.33. The molecule has 0 aromatic rings. The molecule has 0 heterocycles. The Labute approximate surface area is 102 Å². The molecule has 0 radical (unpaired) electrons. The van der Waals surface area contributed by atoms with Gasteiger partial charge in [0.2, 0.25) is 0 Å². The van der Waals surface area contributed by atoms with Gasteiger partial charge in [-0.25, -0.2) is 0 Å². The molecular weight excluding hydrogens is 231 g/mol. The highest BCUT2D eigenvalue weighted by molar-refractivity contribution is 4.60. The number of nitrogens with one attached hydrogen (secondary N) is 1. The predicted octanol–water partition coefficient (Wildman–Crippen LogP) is 3.51. The lowest BCUT2D eigenvalue weighted by Gasteiger charge is -2.14. The fourth-order valence-electron chi connectivity index (χ4n) is 1.54. The summed E-state index contributed by atoms with van der Waals surface area (Å²) in [4.78, 5) is 0. The Kier molecular flexibility index (Phi) is 9.55. The number of ether oxygens (including phenoxy) is 1. The quantitative estimate of drug-likeness (QED) is 0.603. The number of rotatable bonds is 10. The van der Waals surface area contributed by atoms with E-state index in [0.29, 0.717) is 12.6 Å². The molecule has 0 saturated heterocycles. The summed E-state index contributed by atoms with van der Waals surface area (Å²) in [5, 5.41) is 3.15. The molecule has 1 unspecified atom stereocenters. The van der Waals surface area contributed by atoms with E-state index in [0.717, 1.165) is 6.42 Å². The number of alkyl halides is 3. The second-order valence-electron chi connectivity index (χ2n) is 4.37. The molecule has 1 N–H and O–H groups in total. The molecule has 17 heavy (non-hydrogen) atoms. The minimum atomic E-state index is -4.22. The van der Waals surface area contributed by atoms with E-state index >= 15 is 0 Å². The van der Waals surface area contributed by atoms with Crippen LogP contribution in [0.2, 0.25) is 0 Å². The third-order valence-corrected chi connectivity index (χ3v) is 2.50. The lowest BCUT2D eigenvalue weighted by molar-refractivity contribution is -0.173. The topological polar surface area (TPSA) is 21.3 Å². The highest BCUT2D eigenvalue weighted by Crippen LogP contribution is 2.14. The second kappa shape index (κ2) is 9.71. The SMILES string of the molecule is CCCCCCC(C)NCCOCC(F)(F)F. The molecule has 2 nitrogen and oxygen atoms in total. The van der Waals surface area contributed by atoms with Crippen molar-refractivity contribution in [2.24, 2.45) is 0 Å². The van der Waals surface area contributed by atoms with Crippen molar-refractivity contribution >= 4 is 0 Å². The molecule has 5 heteroatoms. The molecule has 0 amide bonds. The zero-order valence-electron chi connectivity index (χ0n) is 10.8. The van der Waals surface area contributed by atoms with Gasteiger partial charge in [0, 0.05) is 12.6 Å². The van der Waals surface area contributed by atoms with E-state index in [1.165, 1.54) is 25.7 Å². The van der Waals surface area contributed by atoms with Gasteiger partial charge in [0.25, 0.3) is 0 Å². The van der Waals surface area contributed by atoms with Crippen LogP contribution < -0.4 is 5.32 Å². The first-order valence-corrected chi connectivity index (χ1v) is 6.33. The maximum Gasteiger partial charge on any atom is 0.411 e. The smallest absolute Gasteiger partial charge is 0.371 e. The molecule has 104 valence electrons. The van der Waals surface area contributed by atoms with Crippen molar-refractivity contribution < 1.29 is 17.9 Å². The van der Waals surface area contributed by atoms with Crippen molar-refractivity contribution in [3.63, 3.8) is 0 Å². The minimum Gasteiger partial charge on any atom is -0.371 e. The van der Waals surface area contributed by atoms with Crippen molar-refractivity contribution in [2.75, 3.05) is 19.8 Å². The van der Waals surface area contributed by atoms with Gasteiger partial charge in [-0.05, 0) is 13.3 Å². The number of hydrogen-bond acceptors (Lipinski definition) is 2. The van der Waals surface area contributed by atoms with Gasteiger partial charge in [0.15, 0.2) is 0 Å². The summed E-state index contributed by atoms with van der Waals surface area (Å²) >= 11 is 0. The van der Waals surface area contributed by atoms with Crippen molar-refractivity contribution in [1.82, 2.24) is 5.32 Å². The van der Waals surface area contributed by atoms with Crippen LogP contribution in [-0.4, -0.2) is 32.0 Å². The fourth-order valence-corrected chi connectivity index (χ4v) is 1.54. The molecule has 0 rings (SSSR count). The summed E-state index contributed by atoms with van der Waals surface area (Å²) in [5.74, 6) is 0.